The molecule has 1 aliphatic heterocycles. The zero-order chi connectivity index (χ0) is 13.9. The molecule has 0 spiro atoms. The van der Waals surface area contributed by atoms with E-state index in [-0.39, 0.29) is 17.9 Å². The quantitative estimate of drug-likeness (QED) is 0.852. The van der Waals surface area contributed by atoms with E-state index in [0.29, 0.717) is 0 Å². The lowest BCUT2D eigenvalue weighted by Crippen LogP contribution is -2.44. The summed E-state index contributed by atoms with van der Waals surface area (Å²) in [7, 11) is 0. The maximum Gasteiger partial charge on any atom is 0.223 e. The number of aromatic nitrogens is 3. The molecule has 0 fully saturated rings. The minimum Gasteiger partial charge on any atom is -0.351 e. The van der Waals surface area contributed by atoms with Crippen molar-refractivity contribution in [1.82, 2.24) is 20.1 Å². The molecule has 0 radical (unpaired) electrons. The lowest BCUT2D eigenvalue weighted by molar-refractivity contribution is -0.126. The Morgan fingerprint density at radius 3 is 3.05 bits per heavy atom. The third kappa shape index (κ3) is 2.62. The molecule has 0 unspecified atom stereocenters. The van der Waals surface area contributed by atoms with Crippen molar-refractivity contribution >= 4 is 5.91 Å². The van der Waals surface area contributed by atoms with Crippen molar-refractivity contribution in [2.24, 2.45) is 5.92 Å². The second kappa shape index (κ2) is 5.77. The number of fused-ring (bicyclic) bond motifs is 1. The molecule has 1 aliphatic carbocycles. The van der Waals surface area contributed by atoms with Gasteiger partial charge in [0.25, 0.3) is 0 Å². The van der Waals surface area contributed by atoms with Crippen molar-refractivity contribution < 1.29 is 4.79 Å². The second-order valence-electron chi connectivity index (χ2n) is 5.72. The first-order valence-corrected chi connectivity index (χ1v) is 7.64. The van der Waals surface area contributed by atoms with E-state index in [1.165, 1.54) is 0 Å². The highest BCUT2D eigenvalue weighted by molar-refractivity contribution is 5.79. The van der Waals surface area contributed by atoms with Crippen molar-refractivity contribution in [3.05, 3.63) is 23.8 Å². The Bertz CT molecular complexity index is 506. The lowest BCUT2D eigenvalue weighted by Gasteiger charge is -2.27. The van der Waals surface area contributed by atoms with Gasteiger partial charge >= 0.3 is 0 Å². The summed E-state index contributed by atoms with van der Waals surface area (Å²) in [5, 5.41) is 11.7. The van der Waals surface area contributed by atoms with Gasteiger partial charge in [0.1, 0.15) is 11.6 Å². The summed E-state index contributed by atoms with van der Waals surface area (Å²) in [6, 6.07) is 0.224. The molecule has 0 saturated carbocycles. The molecule has 1 amide bonds. The van der Waals surface area contributed by atoms with Crippen LogP contribution in [-0.2, 0) is 24.2 Å². The van der Waals surface area contributed by atoms with Crippen molar-refractivity contribution in [2.75, 3.05) is 0 Å². The van der Waals surface area contributed by atoms with Gasteiger partial charge in [-0.05, 0) is 25.7 Å². The third-order valence-corrected chi connectivity index (χ3v) is 4.33. The van der Waals surface area contributed by atoms with Crippen LogP contribution in [0.25, 0.3) is 0 Å². The number of nitrogens with one attached hydrogen (secondary N) is 1. The van der Waals surface area contributed by atoms with Gasteiger partial charge in [0.05, 0.1) is 0 Å². The van der Waals surface area contributed by atoms with Gasteiger partial charge in [-0.25, -0.2) is 0 Å². The Morgan fingerprint density at radius 1 is 1.40 bits per heavy atom. The Morgan fingerprint density at radius 2 is 2.30 bits per heavy atom. The molecule has 5 nitrogen and oxygen atoms in total. The van der Waals surface area contributed by atoms with Gasteiger partial charge in [0.2, 0.25) is 5.91 Å². The van der Waals surface area contributed by atoms with E-state index in [0.717, 1.165) is 56.7 Å². The summed E-state index contributed by atoms with van der Waals surface area (Å²) in [6.07, 6.45) is 9.95. The van der Waals surface area contributed by atoms with E-state index in [1.807, 2.05) is 0 Å². The monoisotopic (exact) mass is 274 g/mol. The first kappa shape index (κ1) is 13.3. The molecule has 1 aromatic heterocycles. The van der Waals surface area contributed by atoms with Crippen LogP contribution >= 0.6 is 0 Å². The molecule has 108 valence electrons. The predicted octanol–water partition coefficient (Wildman–Crippen LogP) is 1.63. The summed E-state index contributed by atoms with van der Waals surface area (Å²) in [6.45, 7) is 2.91. The van der Waals surface area contributed by atoms with Crippen molar-refractivity contribution in [3.8, 4) is 0 Å². The summed E-state index contributed by atoms with van der Waals surface area (Å²) >= 11 is 0. The number of hydrogen-bond acceptors (Lipinski definition) is 3. The third-order valence-electron chi connectivity index (χ3n) is 4.33. The zero-order valence-corrected chi connectivity index (χ0v) is 12.0. The molecule has 3 rings (SSSR count). The van der Waals surface area contributed by atoms with E-state index < -0.39 is 0 Å². The first-order chi connectivity index (χ1) is 9.78. The van der Waals surface area contributed by atoms with E-state index in [1.54, 1.807) is 0 Å². The molecule has 1 aromatic rings. The Labute approximate surface area is 119 Å². The molecule has 20 heavy (non-hydrogen) atoms. The zero-order valence-electron chi connectivity index (χ0n) is 12.0. The van der Waals surface area contributed by atoms with Gasteiger partial charge in [-0.3, -0.25) is 4.79 Å². The van der Waals surface area contributed by atoms with Crippen LogP contribution in [0.15, 0.2) is 12.2 Å². The van der Waals surface area contributed by atoms with Crippen LogP contribution in [0, 0.1) is 5.92 Å². The summed E-state index contributed by atoms with van der Waals surface area (Å²) in [5.74, 6) is 2.47. The van der Waals surface area contributed by atoms with Crippen LogP contribution in [0.5, 0.6) is 0 Å². The minimum absolute atomic E-state index is 0.160. The van der Waals surface area contributed by atoms with Crippen LogP contribution in [0.1, 0.15) is 44.3 Å². The molecule has 0 bridgehead atoms. The Hall–Kier alpha value is -1.65. The summed E-state index contributed by atoms with van der Waals surface area (Å²) in [5.41, 5.74) is 0. The van der Waals surface area contributed by atoms with Gasteiger partial charge in [-0.15, -0.1) is 10.2 Å². The highest BCUT2D eigenvalue weighted by atomic mass is 16.1. The van der Waals surface area contributed by atoms with Crippen LogP contribution in [0.2, 0.25) is 0 Å². The van der Waals surface area contributed by atoms with Crippen LogP contribution in [0.3, 0.4) is 0 Å². The Balaban J connectivity index is 1.62. The van der Waals surface area contributed by atoms with Crippen LogP contribution < -0.4 is 5.32 Å². The number of carbonyl (C=O) groups is 1. The second-order valence-corrected chi connectivity index (χ2v) is 5.72. The smallest absolute Gasteiger partial charge is 0.223 e. The average Bonchev–Trinajstić information content (AvgIpc) is 2.90. The fraction of sp³-hybridized carbons (Fsp3) is 0.667. The van der Waals surface area contributed by atoms with E-state index >= 15 is 0 Å². The largest absolute Gasteiger partial charge is 0.351 e. The fourth-order valence-electron chi connectivity index (χ4n) is 3.11. The fourth-order valence-corrected chi connectivity index (χ4v) is 3.11. The van der Waals surface area contributed by atoms with Gasteiger partial charge in [-0.1, -0.05) is 19.1 Å². The van der Waals surface area contributed by atoms with E-state index in [2.05, 4.69) is 39.2 Å². The number of rotatable bonds is 3. The lowest BCUT2D eigenvalue weighted by atomic mass is 9.93. The first-order valence-electron chi connectivity index (χ1n) is 7.64. The SMILES string of the molecule is CCc1nnc2n1C[C@@H](NC(=O)[C@H]1CC=CCC1)CC2. The van der Waals surface area contributed by atoms with Crippen molar-refractivity contribution in [2.45, 2.75) is 58.0 Å². The average molecular weight is 274 g/mol. The molecular formula is C15H22N4O. The predicted molar refractivity (Wildman–Crippen MR) is 76.1 cm³/mol. The number of allylic oxidation sites excluding steroid dienone is 2. The minimum atomic E-state index is 0.160. The number of nitrogens with zero attached hydrogens (tertiary/aromatic N) is 3. The number of amides is 1. The van der Waals surface area contributed by atoms with Gasteiger partial charge in [-0.2, -0.15) is 0 Å². The molecule has 0 aromatic carbocycles. The number of hydrogen-bond donors (Lipinski definition) is 1. The topological polar surface area (TPSA) is 59.8 Å². The highest BCUT2D eigenvalue weighted by Crippen LogP contribution is 2.20. The molecule has 0 saturated heterocycles. The maximum absolute atomic E-state index is 12.3. The molecular weight excluding hydrogens is 252 g/mol. The molecule has 2 atom stereocenters. The Kier molecular flexibility index (Phi) is 3.85. The van der Waals surface area contributed by atoms with Crippen molar-refractivity contribution in [1.29, 1.82) is 0 Å². The van der Waals surface area contributed by atoms with Gasteiger partial charge in [0.15, 0.2) is 0 Å². The van der Waals surface area contributed by atoms with Crippen molar-refractivity contribution in [3.63, 3.8) is 0 Å². The van der Waals surface area contributed by atoms with Gasteiger partial charge in [0, 0.05) is 31.3 Å². The van der Waals surface area contributed by atoms with Gasteiger partial charge < -0.3 is 9.88 Å². The maximum atomic E-state index is 12.3. The highest BCUT2D eigenvalue weighted by Gasteiger charge is 2.26. The number of aryl methyl sites for hydroxylation is 2. The van der Waals surface area contributed by atoms with E-state index in [9.17, 15) is 4.79 Å². The standard InChI is InChI=1S/C15H22N4O/c1-2-13-17-18-14-9-8-12(10-19(13)14)16-15(20)11-6-4-3-5-7-11/h3-4,11-12H,2,5-10H2,1H3,(H,16,20)/t11-,12-/m0/s1. The summed E-state index contributed by atoms with van der Waals surface area (Å²) < 4.78 is 2.18. The van der Waals surface area contributed by atoms with Crippen LogP contribution in [-0.4, -0.2) is 26.7 Å². The molecule has 1 N–H and O–H groups in total. The van der Waals surface area contributed by atoms with E-state index in [4.69, 9.17) is 0 Å². The normalized spacial score (nSPS) is 25.2. The molecule has 2 heterocycles. The number of carbonyl (C=O) groups excluding carboxylic acids is 1. The molecule has 5 heteroatoms. The molecule has 2 aliphatic rings. The van der Waals surface area contributed by atoms with Crippen LogP contribution in [0.4, 0.5) is 0 Å². The summed E-state index contributed by atoms with van der Waals surface area (Å²) in [4.78, 5) is 12.3.